The molecule has 0 bridgehead atoms. The van der Waals surface area contributed by atoms with Gasteiger partial charge in [0.1, 0.15) is 11.1 Å². The Kier molecular flexibility index (Phi) is 5.37. The molecule has 2 heterocycles. The van der Waals surface area contributed by atoms with Gasteiger partial charge in [-0.15, -0.1) is 10.2 Å². The van der Waals surface area contributed by atoms with Crippen LogP contribution in [0.15, 0.2) is 53.7 Å². The number of amides is 1. The summed E-state index contributed by atoms with van der Waals surface area (Å²) in [6.45, 7) is 1.75. The Hall–Kier alpha value is -2.72. The van der Waals surface area contributed by atoms with Gasteiger partial charge < -0.3 is 10.7 Å². The largest absolute Gasteiger partial charge is 0.418 e. The summed E-state index contributed by atoms with van der Waals surface area (Å²) in [5.41, 5.74) is 2.73. The lowest BCUT2D eigenvalue weighted by atomic mass is 10.0. The molecule has 0 aliphatic carbocycles. The van der Waals surface area contributed by atoms with Crippen LogP contribution in [0, 0.1) is 6.92 Å². The summed E-state index contributed by atoms with van der Waals surface area (Å²) in [5.74, 6) is 0.00814. The van der Waals surface area contributed by atoms with Gasteiger partial charge in [0, 0.05) is 5.02 Å². The second-order valence-corrected chi connectivity index (χ2v) is 8.14. The normalized spacial score (nSPS) is 18.4. The lowest BCUT2D eigenvalue weighted by Gasteiger charge is -2.33. The van der Waals surface area contributed by atoms with Crippen LogP contribution >= 0.6 is 23.4 Å². The van der Waals surface area contributed by atoms with Crippen molar-refractivity contribution >= 4 is 35.0 Å². The molecule has 1 aromatic heterocycles. The molecule has 1 aliphatic rings. The molecule has 0 saturated carbocycles. The van der Waals surface area contributed by atoms with Gasteiger partial charge in [-0.2, -0.15) is 13.2 Å². The van der Waals surface area contributed by atoms with Crippen molar-refractivity contribution in [3.8, 4) is 0 Å². The number of carbonyl (C=O) groups excluding carboxylic acids is 1. The third-order valence-corrected chi connectivity index (χ3v) is 6.04. The zero-order valence-electron chi connectivity index (χ0n) is 15.4. The van der Waals surface area contributed by atoms with Crippen molar-refractivity contribution in [1.29, 1.82) is 0 Å². The number of carbonyl (C=O) groups is 1. The second-order valence-electron chi connectivity index (χ2n) is 6.59. The summed E-state index contributed by atoms with van der Waals surface area (Å²) in [7, 11) is 0. The molecular weight excluding hydrogens is 439 g/mol. The van der Waals surface area contributed by atoms with Crippen LogP contribution in [0.5, 0.6) is 0 Å². The second kappa shape index (κ2) is 7.84. The number of halogens is 4. The van der Waals surface area contributed by atoms with E-state index in [0.29, 0.717) is 16.0 Å². The maximum atomic E-state index is 13.3. The Morgan fingerprint density at radius 3 is 2.57 bits per heavy atom. The number of thioether (sulfide) groups is 1. The fraction of sp³-hybridized carbons (Fsp3) is 0.211. The number of rotatable bonds is 3. The minimum atomic E-state index is -4.59. The number of aryl methyl sites for hydroxylation is 1. The predicted molar refractivity (Wildman–Crippen MR) is 108 cm³/mol. The average molecular weight is 454 g/mol. The van der Waals surface area contributed by atoms with Crippen molar-refractivity contribution in [3.05, 3.63) is 70.5 Å². The predicted octanol–water partition coefficient (Wildman–Crippen LogP) is 4.66. The number of alkyl halides is 3. The molecule has 0 spiro atoms. The highest BCUT2D eigenvalue weighted by Gasteiger charge is 2.39. The van der Waals surface area contributed by atoms with Gasteiger partial charge in [0.05, 0.1) is 17.3 Å². The van der Waals surface area contributed by atoms with Crippen LogP contribution in [0.4, 0.5) is 18.9 Å². The summed E-state index contributed by atoms with van der Waals surface area (Å²) < 4.78 is 41.6. The fourth-order valence-electron chi connectivity index (χ4n) is 3.12. The Morgan fingerprint density at radius 1 is 1.17 bits per heavy atom. The van der Waals surface area contributed by atoms with Crippen LogP contribution < -0.4 is 10.7 Å². The lowest BCUT2D eigenvalue weighted by Crippen LogP contribution is -2.41. The van der Waals surface area contributed by atoms with Crippen molar-refractivity contribution in [2.24, 2.45) is 0 Å². The number of hydrogen-bond donors (Lipinski definition) is 2. The first-order valence-electron chi connectivity index (χ1n) is 8.82. The van der Waals surface area contributed by atoms with E-state index in [0.717, 1.165) is 23.4 Å². The summed E-state index contributed by atoms with van der Waals surface area (Å²) >= 11 is 7.10. The smallest absolute Gasteiger partial charge is 0.324 e. The van der Waals surface area contributed by atoms with Crippen molar-refractivity contribution in [3.63, 3.8) is 0 Å². The third kappa shape index (κ3) is 3.97. The molecule has 2 N–H and O–H groups in total. The minimum absolute atomic E-state index is 0.298. The first-order chi connectivity index (χ1) is 14.2. The van der Waals surface area contributed by atoms with E-state index < -0.39 is 28.9 Å². The molecule has 2 aromatic carbocycles. The quantitative estimate of drug-likeness (QED) is 0.603. The van der Waals surface area contributed by atoms with Gasteiger partial charge in [-0.25, -0.2) is 4.68 Å². The van der Waals surface area contributed by atoms with Gasteiger partial charge in [-0.3, -0.25) is 4.79 Å². The Labute approximate surface area is 178 Å². The molecule has 2 atom stereocenters. The summed E-state index contributed by atoms with van der Waals surface area (Å²) in [4.78, 5) is 13.1. The van der Waals surface area contributed by atoms with Gasteiger partial charge >= 0.3 is 6.18 Å². The number of nitrogens with one attached hydrogen (secondary N) is 2. The number of nitrogens with zero attached hydrogens (tertiary/aromatic N) is 3. The maximum absolute atomic E-state index is 13.3. The van der Waals surface area contributed by atoms with E-state index in [4.69, 9.17) is 11.6 Å². The lowest BCUT2D eigenvalue weighted by molar-refractivity contribution is -0.137. The van der Waals surface area contributed by atoms with Crippen molar-refractivity contribution in [1.82, 2.24) is 14.9 Å². The van der Waals surface area contributed by atoms with Crippen LogP contribution in [0.3, 0.4) is 0 Å². The monoisotopic (exact) mass is 453 g/mol. The first kappa shape index (κ1) is 20.5. The van der Waals surface area contributed by atoms with Crippen LogP contribution in [0.25, 0.3) is 0 Å². The summed E-state index contributed by atoms with van der Waals surface area (Å²) in [6.07, 6.45) is -4.59. The highest BCUT2D eigenvalue weighted by molar-refractivity contribution is 8.00. The molecule has 0 fully saturated rings. The Bertz CT molecular complexity index is 1090. The highest BCUT2D eigenvalue weighted by atomic mass is 35.5. The van der Waals surface area contributed by atoms with E-state index in [1.54, 1.807) is 35.9 Å². The number of hydrogen-bond acceptors (Lipinski definition) is 5. The molecular formula is C19H15ClF3N5OS. The zero-order valence-corrected chi connectivity index (χ0v) is 17.0. The van der Waals surface area contributed by atoms with Gasteiger partial charge in [0.15, 0.2) is 0 Å². The first-order valence-corrected chi connectivity index (χ1v) is 10.1. The number of anilines is 1. The van der Waals surface area contributed by atoms with Crippen molar-refractivity contribution < 1.29 is 18.0 Å². The molecule has 6 nitrogen and oxygen atoms in total. The van der Waals surface area contributed by atoms with Gasteiger partial charge in [0.25, 0.3) is 0 Å². The average Bonchev–Trinajstić information content (AvgIpc) is 3.07. The highest BCUT2D eigenvalue weighted by Crippen LogP contribution is 2.39. The fourth-order valence-corrected chi connectivity index (χ4v) is 4.38. The van der Waals surface area contributed by atoms with Gasteiger partial charge in [0.2, 0.25) is 11.1 Å². The van der Waals surface area contributed by atoms with Crippen LogP contribution in [-0.4, -0.2) is 26.0 Å². The van der Waals surface area contributed by atoms with Crippen LogP contribution in [0.1, 0.15) is 23.0 Å². The number of fused-ring (bicyclic) bond motifs is 1. The minimum Gasteiger partial charge on any atom is -0.324 e. The summed E-state index contributed by atoms with van der Waals surface area (Å²) in [6, 6.07) is 11.2. The number of para-hydroxylation sites is 1. The van der Waals surface area contributed by atoms with E-state index in [1.807, 2.05) is 0 Å². The SMILES string of the molecule is Cc1nnc2n1N[C@H](c1ccc(Cl)cc1)[C@@H](C(=O)Nc1ccccc1C(F)(F)F)S2. The van der Waals surface area contributed by atoms with Gasteiger partial charge in [-0.05, 0) is 36.8 Å². The molecule has 0 radical (unpaired) electrons. The molecule has 156 valence electrons. The molecule has 1 amide bonds. The number of benzene rings is 2. The van der Waals surface area contributed by atoms with Crippen LogP contribution in [0.2, 0.25) is 5.02 Å². The maximum Gasteiger partial charge on any atom is 0.418 e. The third-order valence-electron chi connectivity index (χ3n) is 4.58. The number of aromatic nitrogens is 3. The van der Waals surface area contributed by atoms with Gasteiger partial charge in [-0.1, -0.05) is 47.6 Å². The zero-order chi connectivity index (χ0) is 21.5. The molecule has 0 saturated heterocycles. The molecule has 3 aromatic rings. The molecule has 11 heteroatoms. The summed E-state index contributed by atoms with van der Waals surface area (Å²) in [5, 5.41) is 10.6. The Balaban J connectivity index is 1.68. The van der Waals surface area contributed by atoms with Crippen LogP contribution in [-0.2, 0) is 11.0 Å². The molecule has 4 rings (SSSR count). The van der Waals surface area contributed by atoms with E-state index in [1.165, 1.54) is 18.2 Å². The topological polar surface area (TPSA) is 71.8 Å². The van der Waals surface area contributed by atoms with E-state index >= 15 is 0 Å². The van der Waals surface area contributed by atoms with Crippen molar-refractivity contribution in [2.75, 3.05) is 10.7 Å². The standard InChI is InChI=1S/C19H15ClF3N5OS/c1-10-25-26-18-28(10)27-15(11-6-8-12(20)9-7-11)16(30-18)17(29)24-14-5-3-2-4-13(14)19(21,22)23/h2-9,15-16,27H,1H3,(H,24,29)/t15-,16+/m1/s1. The van der Waals surface area contributed by atoms with E-state index in [9.17, 15) is 18.0 Å². The molecule has 1 aliphatic heterocycles. The Morgan fingerprint density at radius 2 is 1.87 bits per heavy atom. The molecule has 0 unspecified atom stereocenters. The van der Waals surface area contributed by atoms with Crippen molar-refractivity contribution in [2.45, 2.75) is 29.5 Å². The molecule has 30 heavy (non-hydrogen) atoms. The van der Waals surface area contributed by atoms with E-state index in [-0.39, 0.29) is 5.69 Å². The van der Waals surface area contributed by atoms with E-state index in [2.05, 4.69) is 20.9 Å².